The zero-order chi connectivity index (χ0) is 13.8. The second-order valence-corrected chi connectivity index (χ2v) is 4.67. The van der Waals surface area contributed by atoms with Crippen molar-refractivity contribution in [2.45, 2.75) is 58.3 Å². The summed E-state index contributed by atoms with van der Waals surface area (Å²) in [6, 6.07) is 0. The third kappa shape index (κ3) is 3.10. The molecule has 2 heterocycles. The van der Waals surface area contributed by atoms with Crippen molar-refractivity contribution < 1.29 is 9.53 Å². The third-order valence-corrected chi connectivity index (χ3v) is 3.34. The minimum Gasteiger partial charge on any atom is -0.363 e. The lowest BCUT2D eigenvalue weighted by molar-refractivity contribution is -0.132. The van der Waals surface area contributed by atoms with Gasteiger partial charge in [0.05, 0.1) is 12.6 Å². The number of rotatable bonds is 5. The van der Waals surface area contributed by atoms with E-state index < -0.39 is 6.10 Å². The van der Waals surface area contributed by atoms with Crippen LogP contribution in [-0.2, 0) is 28.9 Å². The first kappa shape index (κ1) is 14.0. The molecule has 0 spiro atoms. The predicted octanol–water partition coefficient (Wildman–Crippen LogP) is -0.0596. The summed E-state index contributed by atoms with van der Waals surface area (Å²) < 4.78 is 7.57. The predicted molar refractivity (Wildman–Crippen MR) is 69.0 cm³/mol. The molecule has 0 radical (unpaired) electrons. The van der Waals surface area contributed by atoms with Gasteiger partial charge >= 0.3 is 0 Å². The zero-order valence-corrected chi connectivity index (χ0v) is 11.4. The van der Waals surface area contributed by atoms with E-state index in [1.807, 2.05) is 11.6 Å². The highest BCUT2D eigenvalue weighted by molar-refractivity contribution is 5.80. The van der Waals surface area contributed by atoms with E-state index in [-0.39, 0.29) is 12.0 Å². The number of ether oxygens (including phenoxy) is 1. The molecule has 1 aliphatic rings. The number of nitrogens with zero attached hydrogens (tertiary/aromatic N) is 3. The zero-order valence-electron chi connectivity index (χ0n) is 11.4. The lowest BCUT2D eigenvalue weighted by Crippen LogP contribution is -2.39. The molecule has 19 heavy (non-hydrogen) atoms. The Bertz CT molecular complexity index is 445. The van der Waals surface area contributed by atoms with Gasteiger partial charge in [-0.25, -0.2) is 15.5 Å². The van der Waals surface area contributed by atoms with Crippen LogP contribution in [0.2, 0.25) is 0 Å². The summed E-state index contributed by atoms with van der Waals surface area (Å²) >= 11 is 0. The topological polar surface area (TPSA) is 95.1 Å². The molecule has 1 amide bonds. The SMILES string of the molecule is CCc1nc(CC)n(CC2CCC(C(=O)NN)O2)n1. The van der Waals surface area contributed by atoms with E-state index in [4.69, 9.17) is 10.6 Å². The summed E-state index contributed by atoms with van der Waals surface area (Å²) in [5.41, 5.74) is 2.13. The fourth-order valence-corrected chi connectivity index (χ4v) is 2.30. The molecule has 1 aliphatic heterocycles. The van der Waals surface area contributed by atoms with E-state index >= 15 is 0 Å². The van der Waals surface area contributed by atoms with Crippen LogP contribution in [0.1, 0.15) is 38.3 Å². The van der Waals surface area contributed by atoms with Gasteiger partial charge in [-0.3, -0.25) is 10.2 Å². The van der Waals surface area contributed by atoms with E-state index in [1.165, 1.54) is 0 Å². The maximum absolute atomic E-state index is 11.4. The normalized spacial score (nSPS) is 22.7. The Hall–Kier alpha value is -1.47. The Kier molecular flexibility index (Phi) is 4.49. The molecule has 1 aromatic heterocycles. The van der Waals surface area contributed by atoms with Crippen LogP contribution in [0.15, 0.2) is 0 Å². The molecule has 2 unspecified atom stereocenters. The molecule has 7 heteroatoms. The minimum absolute atomic E-state index is 0.000920. The van der Waals surface area contributed by atoms with Crippen molar-refractivity contribution >= 4 is 5.91 Å². The van der Waals surface area contributed by atoms with Crippen molar-refractivity contribution in [3.8, 4) is 0 Å². The van der Waals surface area contributed by atoms with Crippen molar-refractivity contribution in [3.05, 3.63) is 11.6 Å². The van der Waals surface area contributed by atoms with Crippen LogP contribution < -0.4 is 11.3 Å². The summed E-state index contributed by atoms with van der Waals surface area (Å²) in [5.74, 6) is 6.67. The average molecular weight is 267 g/mol. The van der Waals surface area contributed by atoms with Crippen LogP contribution in [0.4, 0.5) is 0 Å². The lowest BCUT2D eigenvalue weighted by atomic mass is 10.2. The van der Waals surface area contributed by atoms with Gasteiger partial charge in [0.1, 0.15) is 11.9 Å². The molecule has 1 aromatic rings. The number of nitrogens with two attached hydrogens (primary N) is 1. The third-order valence-electron chi connectivity index (χ3n) is 3.34. The average Bonchev–Trinajstić information content (AvgIpc) is 3.05. The summed E-state index contributed by atoms with van der Waals surface area (Å²) in [6.45, 7) is 4.73. The Morgan fingerprint density at radius 3 is 2.89 bits per heavy atom. The molecule has 1 fully saturated rings. The van der Waals surface area contributed by atoms with Gasteiger partial charge in [-0.05, 0) is 12.8 Å². The van der Waals surface area contributed by atoms with Gasteiger partial charge in [0, 0.05) is 12.8 Å². The number of hydrazine groups is 1. The smallest absolute Gasteiger partial charge is 0.263 e. The van der Waals surface area contributed by atoms with E-state index in [2.05, 4.69) is 22.4 Å². The van der Waals surface area contributed by atoms with E-state index in [0.29, 0.717) is 13.0 Å². The van der Waals surface area contributed by atoms with Crippen molar-refractivity contribution in [2.24, 2.45) is 5.84 Å². The molecule has 1 saturated heterocycles. The largest absolute Gasteiger partial charge is 0.363 e. The van der Waals surface area contributed by atoms with Crippen molar-refractivity contribution in [1.29, 1.82) is 0 Å². The Morgan fingerprint density at radius 2 is 2.26 bits per heavy atom. The van der Waals surface area contributed by atoms with Crippen molar-refractivity contribution in [3.63, 3.8) is 0 Å². The molecule has 3 N–H and O–H groups in total. The van der Waals surface area contributed by atoms with E-state index in [9.17, 15) is 4.79 Å². The molecule has 0 aromatic carbocycles. The molecule has 2 rings (SSSR count). The quantitative estimate of drug-likeness (QED) is 0.443. The number of carbonyl (C=O) groups excluding carboxylic acids is 1. The molecular formula is C12H21N5O2. The second kappa shape index (κ2) is 6.12. The van der Waals surface area contributed by atoms with Crippen molar-refractivity contribution in [1.82, 2.24) is 20.2 Å². The fourth-order valence-electron chi connectivity index (χ4n) is 2.30. The van der Waals surface area contributed by atoms with Crippen LogP contribution in [0, 0.1) is 0 Å². The Labute approximate surface area is 112 Å². The lowest BCUT2D eigenvalue weighted by Gasteiger charge is -2.13. The van der Waals surface area contributed by atoms with Crippen LogP contribution in [0.3, 0.4) is 0 Å². The first-order valence-electron chi connectivity index (χ1n) is 6.76. The summed E-state index contributed by atoms with van der Waals surface area (Å²) in [6.07, 6.45) is 2.76. The van der Waals surface area contributed by atoms with Crippen LogP contribution in [-0.4, -0.2) is 32.9 Å². The standard InChI is InChI=1S/C12H21N5O2/c1-3-10-14-11(4-2)17(16-10)7-8-5-6-9(19-8)12(18)15-13/h8-9H,3-7,13H2,1-2H3,(H,15,18). The fraction of sp³-hybridized carbons (Fsp3) is 0.750. The Balaban J connectivity index is 1.98. The highest BCUT2D eigenvalue weighted by atomic mass is 16.5. The molecular weight excluding hydrogens is 246 g/mol. The molecule has 0 saturated carbocycles. The molecule has 0 aliphatic carbocycles. The van der Waals surface area contributed by atoms with Gasteiger partial charge in [-0.2, -0.15) is 5.10 Å². The number of aryl methyl sites for hydroxylation is 2. The van der Waals surface area contributed by atoms with Gasteiger partial charge in [0.2, 0.25) is 0 Å². The van der Waals surface area contributed by atoms with E-state index in [1.54, 1.807) is 0 Å². The van der Waals surface area contributed by atoms with Gasteiger partial charge in [-0.15, -0.1) is 0 Å². The first-order valence-corrected chi connectivity index (χ1v) is 6.76. The van der Waals surface area contributed by atoms with E-state index in [0.717, 1.165) is 30.9 Å². The number of hydrogen-bond donors (Lipinski definition) is 2. The highest BCUT2D eigenvalue weighted by Gasteiger charge is 2.31. The molecule has 106 valence electrons. The van der Waals surface area contributed by atoms with Gasteiger partial charge in [0.25, 0.3) is 5.91 Å². The summed E-state index contributed by atoms with van der Waals surface area (Å²) in [4.78, 5) is 15.8. The maximum atomic E-state index is 11.4. The maximum Gasteiger partial charge on any atom is 0.263 e. The Morgan fingerprint density at radius 1 is 1.47 bits per heavy atom. The second-order valence-electron chi connectivity index (χ2n) is 4.67. The molecule has 2 atom stereocenters. The first-order chi connectivity index (χ1) is 9.17. The highest BCUT2D eigenvalue weighted by Crippen LogP contribution is 2.21. The number of carbonyl (C=O) groups is 1. The minimum atomic E-state index is -0.436. The number of aromatic nitrogens is 3. The molecule has 0 bridgehead atoms. The summed E-state index contributed by atoms with van der Waals surface area (Å²) in [5, 5.41) is 4.45. The number of amides is 1. The van der Waals surface area contributed by atoms with Crippen LogP contribution in [0.5, 0.6) is 0 Å². The van der Waals surface area contributed by atoms with Gasteiger partial charge < -0.3 is 4.74 Å². The number of nitrogens with one attached hydrogen (secondary N) is 1. The number of hydrogen-bond acceptors (Lipinski definition) is 5. The summed E-state index contributed by atoms with van der Waals surface area (Å²) in [7, 11) is 0. The molecule has 7 nitrogen and oxygen atoms in total. The van der Waals surface area contributed by atoms with Gasteiger partial charge in [0.15, 0.2) is 5.82 Å². The van der Waals surface area contributed by atoms with Crippen molar-refractivity contribution in [2.75, 3.05) is 0 Å². The monoisotopic (exact) mass is 267 g/mol. The van der Waals surface area contributed by atoms with Gasteiger partial charge in [-0.1, -0.05) is 13.8 Å². The van der Waals surface area contributed by atoms with Crippen LogP contribution in [0.25, 0.3) is 0 Å². The van der Waals surface area contributed by atoms with Crippen LogP contribution >= 0.6 is 0 Å².